The SMILES string of the molecule is C[CH2][Zr](=[SiH2])([CH2]C)([C]1=CC=CC1)[C]1=C(C)C=CC1.Cl.Cl. The molecular formula is C15H26Cl2SiZr. The number of allylic oxidation sites excluding steroid dienone is 8. The molecule has 0 nitrogen and oxygen atoms in total. The fourth-order valence-corrected chi connectivity index (χ4v) is 21.5. The second-order valence-electron chi connectivity index (χ2n) is 5.74. The maximum Gasteiger partial charge on any atom is -0.147 e. The molecule has 0 atom stereocenters. The van der Waals surface area contributed by atoms with Gasteiger partial charge in [0.2, 0.25) is 0 Å². The first-order chi connectivity index (χ1) is 8.05. The van der Waals surface area contributed by atoms with Gasteiger partial charge in [-0.3, -0.25) is 0 Å². The number of hydrogen-bond donors (Lipinski definition) is 0. The van der Waals surface area contributed by atoms with Crippen LogP contribution in [0.3, 0.4) is 0 Å². The van der Waals surface area contributed by atoms with Gasteiger partial charge in [-0.2, -0.15) is 0 Å². The maximum atomic E-state index is 2.45. The van der Waals surface area contributed by atoms with Gasteiger partial charge in [-0.15, -0.1) is 24.8 Å². The summed E-state index contributed by atoms with van der Waals surface area (Å²) in [7, 11) is 0. The van der Waals surface area contributed by atoms with Crippen molar-refractivity contribution in [1.82, 2.24) is 0 Å². The van der Waals surface area contributed by atoms with E-state index >= 15 is 0 Å². The molecule has 0 N–H and O–H groups in total. The number of hydrogen-bond acceptors (Lipinski definition) is 0. The average Bonchev–Trinajstić information content (AvgIpc) is 3.00. The summed E-state index contributed by atoms with van der Waals surface area (Å²) in [4.78, 5) is 0. The summed E-state index contributed by atoms with van der Waals surface area (Å²) in [6, 6.07) is 0. The van der Waals surface area contributed by atoms with E-state index in [1.807, 2.05) is 6.56 Å². The summed E-state index contributed by atoms with van der Waals surface area (Å²) in [6.45, 7) is 9.65. The van der Waals surface area contributed by atoms with Crippen LogP contribution < -0.4 is 0 Å². The Labute approximate surface area is 132 Å². The molecule has 2 aliphatic carbocycles. The Morgan fingerprint density at radius 2 is 1.74 bits per heavy atom. The zero-order valence-corrected chi connectivity index (χ0v) is 17.7. The van der Waals surface area contributed by atoms with Crippen LogP contribution in [0, 0.1) is 0 Å². The fourth-order valence-electron chi connectivity index (χ4n) is 3.66. The molecule has 0 radical (unpaired) electrons. The fraction of sp³-hybridized carbons (Fsp3) is 0.467. The van der Waals surface area contributed by atoms with Crippen molar-refractivity contribution in [1.29, 1.82) is 0 Å². The van der Waals surface area contributed by atoms with Crippen LogP contribution in [0.2, 0.25) is 8.26 Å². The van der Waals surface area contributed by atoms with E-state index in [0.717, 1.165) is 0 Å². The molecule has 0 aromatic rings. The zero-order valence-electron chi connectivity index (χ0n) is 12.2. The van der Waals surface area contributed by atoms with E-state index < -0.39 is 17.4 Å². The Bertz CT molecular complexity index is 516. The van der Waals surface area contributed by atoms with Crippen LogP contribution in [0.4, 0.5) is 0 Å². The molecule has 0 saturated heterocycles. The first kappa shape index (κ1) is 19.6. The first-order valence-corrected chi connectivity index (χ1v) is 18.7. The van der Waals surface area contributed by atoms with Gasteiger partial charge >= 0.3 is 109 Å². The molecule has 0 bridgehead atoms. The predicted molar refractivity (Wildman–Crippen MR) is 92.3 cm³/mol. The summed E-state index contributed by atoms with van der Waals surface area (Å²) in [5.74, 6) is 0. The summed E-state index contributed by atoms with van der Waals surface area (Å²) < 4.78 is 6.52. The van der Waals surface area contributed by atoms with Crippen molar-refractivity contribution in [3.05, 3.63) is 42.5 Å². The Balaban J connectivity index is 0.00000162. The van der Waals surface area contributed by atoms with Crippen LogP contribution in [0.15, 0.2) is 42.5 Å². The van der Waals surface area contributed by atoms with E-state index in [-0.39, 0.29) is 24.8 Å². The van der Waals surface area contributed by atoms with Gasteiger partial charge in [0, 0.05) is 0 Å². The van der Waals surface area contributed by atoms with Crippen LogP contribution in [-0.2, 0) is 17.4 Å². The summed E-state index contributed by atoms with van der Waals surface area (Å²) in [5.41, 5.74) is 1.59. The van der Waals surface area contributed by atoms with Crippen LogP contribution in [0.1, 0.15) is 33.6 Å². The van der Waals surface area contributed by atoms with Crippen molar-refractivity contribution in [2.24, 2.45) is 0 Å². The quantitative estimate of drug-likeness (QED) is 0.585. The third kappa shape index (κ3) is 2.98. The van der Waals surface area contributed by atoms with E-state index in [0.29, 0.717) is 0 Å². The molecule has 0 fully saturated rings. The van der Waals surface area contributed by atoms with Gasteiger partial charge in [-0.05, 0) is 0 Å². The van der Waals surface area contributed by atoms with Gasteiger partial charge in [0.05, 0.1) is 0 Å². The molecule has 4 heteroatoms. The molecule has 108 valence electrons. The Kier molecular flexibility index (Phi) is 7.31. The molecular weight excluding hydrogens is 370 g/mol. The molecule has 0 aromatic heterocycles. The standard InChI is InChI=1S/C6H7.C5H5.2C2H5.2ClH.H2Si.Zr/c1-6-4-2-3-5-6;1-2-4-5-3-1;2*1-2;;;;/h2,4H,3H2,1H3;1-3H,4H2;2*1H2,2H3;2*1H;1H2;. The molecule has 0 spiro atoms. The van der Waals surface area contributed by atoms with Crippen molar-refractivity contribution in [3.63, 3.8) is 0 Å². The Hall–Kier alpha value is 0.640. The average molecular weight is 397 g/mol. The molecule has 0 unspecified atom stereocenters. The monoisotopic (exact) mass is 394 g/mol. The second kappa shape index (κ2) is 7.07. The van der Waals surface area contributed by atoms with Crippen molar-refractivity contribution in [2.75, 3.05) is 0 Å². The molecule has 2 rings (SSSR count). The van der Waals surface area contributed by atoms with Gasteiger partial charge in [-0.1, -0.05) is 0 Å². The van der Waals surface area contributed by atoms with Gasteiger partial charge in [-0.25, -0.2) is 0 Å². The zero-order chi connectivity index (χ0) is 12.5. The summed E-state index contributed by atoms with van der Waals surface area (Å²) in [6.07, 6.45) is 14.3. The Morgan fingerprint density at radius 1 is 1.11 bits per heavy atom. The molecule has 0 amide bonds. The van der Waals surface area contributed by atoms with E-state index in [4.69, 9.17) is 0 Å². The van der Waals surface area contributed by atoms with Gasteiger partial charge in [0.1, 0.15) is 0 Å². The molecule has 0 aromatic carbocycles. The van der Waals surface area contributed by atoms with Gasteiger partial charge in [0.25, 0.3) is 0 Å². The topological polar surface area (TPSA) is 0 Å². The van der Waals surface area contributed by atoms with E-state index in [1.54, 1.807) is 5.57 Å². The summed E-state index contributed by atoms with van der Waals surface area (Å²) >= 11 is -2.81. The number of halogens is 2. The van der Waals surface area contributed by atoms with E-state index in [1.165, 1.54) is 21.1 Å². The molecule has 19 heavy (non-hydrogen) atoms. The van der Waals surface area contributed by atoms with Crippen molar-refractivity contribution < 1.29 is 17.4 Å². The molecule has 0 saturated carbocycles. The van der Waals surface area contributed by atoms with Gasteiger partial charge in [0.15, 0.2) is 0 Å². The third-order valence-corrected chi connectivity index (χ3v) is 35.2. The third-order valence-electron chi connectivity index (χ3n) is 5.28. The first-order valence-electron chi connectivity index (χ1n) is 6.83. The van der Waals surface area contributed by atoms with E-state index in [9.17, 15) is 0 Å². The van der Waals surface area contributed by atoms with Gasteiger partial charge < -0.3 is 0 Å². The van der Waals surface area contributed by atoms with Crippen LogP contribution in [0.5, 0.6) is 0 Å². The Morgan fingerprint density at radius 3 is 2.11 bits per heavy atom. The second-order valence-corrected chi connectivity index (χ2v) is 31.9. The van der Waals surface area contributed by atoms with Crippen LogP contribution in [0.25, 0.3) is 0 Å². The summed E-state index contributed by atoms with van der Waals surface area (Å²) in [5, 5.41) is 0. The normalized spacial score (nSPS) is 18.2. The largest absolute Gasteiger partial charge is 0.147 e. The minimum Gasteiger partial charge on any atom is -0.147 e. The van der Waals surface area contributed by atoms with Crippen molar-refractivity contribution in [3.8, 4) is 0 Å². The smallest absolute Gasteiger partial charge is 0.147 e. The van der Waals surface area contributed by atoms with E-state index in [2.05, 4.69) is 58.0 Å². The molecule has 0 aliphatic heterocycles. The van der Waals surface area contributed by atoms with Crippen molar-refractivity contribution >= 4 is 31.7 Å². The maximum absolute atomic E-state index is 2.81. The number of rotatable bonds is 4. The minimum absolute atomic E-state index is 0. The van der Waals surface area contributed by atoms with Crippen molar-refractivity contribution in [2.45, 2.75) is 41.9 Å². The predicted octanol–water partition coefficient (Wildman–Crippen LogP) is 5.02. The molecule has 0 heterocycles. The van der Waals surface area contributed by atoms with Crippen LogP contribution >= 0.6 is 24.8 Å². The molecule has 2 aliphatic rings. The minimum atomic E-state index is -2.81. The van der Waals surface area contributed by atoms with Crippen LogP contribution in [-0.4, -0.2) is 6.88 Å².